The lowest BCUT2D eigenvalue weighted by Gasteiger charge is -2.09. The molecule has 0 saturated carbocycles. The van der Waals surface area contributed by atoms with E-state index >= 15 is 0 Å². The fraction of sp³-hybridized carbons (Fsp3) is 0.273. The minimum atomic E-state index is -1.02. The molecule has 1 unspecified atom stereocenters. The molecular formula is C11H10F2N2O2. The van der Waals surface area contributed by atoms with Gasteiger partial charge in [0.25, 0.3) is 0 Å². The second kappa shape index (κ2) is 4.48. The summed E-state index contributed by atoms with van der Waals surface area (Å²) in [7, 11) is 0. The van der Waals surface area contributed by atoms with Crippen LogP contribution in [0.3, 0.4) is 0 Å². The molecule has 1 aliphatic rings. The zero-order chi connectivity index (χ0) is 12.4. The van der Waals surface area contributed by atoms with Crippen molar-refractivity contribution in [3.63, 3.8) is 0 Å². The first-order chi connectivity index (χ1) is 8.06. The molecule has 1 aliphatic heterocycles. The number of halogens is 2. The Labute approximate surface area is 96.0 Å². The van der Waals surface area contributed by atoms with Crippen LogP contribution in [0.4, 0.5) is 14.5 Å². The van der Waals surface area contributed by atoms with Crippen molar-refractivity contribution < 1.29 is 18.4 Å². The smallest absolute Gasteiger partial charge is 0.229 e. The number of anilines is 1. The summed E-state index contributed by atoms with van der Waals surface area (Å²) in [5, 5.41) is 4.96. The van der Waals surface area contributed by atoms with Crippen molar-refractivity contribution in [3.05, 3.63) is 29.8 Å². The van der Waals surface area contributed by atoms with Crippen molar-refractivity contribution in [2.24, 2.45) is 5.92 Å². The third-order valence-electron chi connectivity index (χ3n) is 2.54. The van der Waals surface area contributed by atoms with Crippen molar-refractivity contribution in [3.8, 4) is 0 Å². The van der Waals surface area contributed by atoms with Crippen molar-refractivity contribution in [2.75, 3.05) is 11.9 Å². The van der Waals surface area contributed by atoms with Crippen LogP contribution in [0, 0.1) is 17.6 Å². The normalized spacial score (nSPS) is 18.9. The zero-order valence-electron chi connectivity index (χ0n) is 8.80. The highest BCUT2D eigenvalue weighted by atomic mass is 19.2. The highest BCUT2D eigenvalue weighted by Crippen LogP contribution is 2.16. The van der Waals surface area contributed by atoms with E-state index in [1.54, 1.807) is 0 Å². The van der Waals surface area contributed by atoms with Gasteiger partial charge in [0.2, 0.25) is 11.8 Å². The molecule has 1 aromatic carbocycles. The lowest BCUT2D eigenvalue weighted by molar-refractivity contribution is -0.123. The van der Waals surface area contributed by atoms with Crippen LogP contribution in [-0.4, -0.2) is 18.4 Å². The Morgan fingerprint density at radius 1 is 1.35 bits per heavy atom. The Morgan fingerprint density at radius 3 is 2.71 bits per heavy atom. The van der Waals surface area contributed by atoms with E-state index in [0.29, 0.717) is 0 Å². The maximum Gasteiger partial charge on any atom is 0.229 e. The zero-order valence-corrected chi connectivity index (χ0v) is 8.80. The van der Waals surface area contributed by atoms with Crippen LogP contribution in [0.5, 0.6) is 0 Å². The molecule has 2 N–H and O–H groups in total. The number of nitrogens with one attached hydrogen (secondary N) is 2. The van der Waals surface area contributed by atoms with E-state index in [4.69, 9.17) is 0 Å². The minimum absolute atomic E-state index is 0.121. The third kappa shape index (κ3) is 2.58. The number of benzene rings is 1. The first-order valence-corrected chi connectivity index (χ1v) is 5.09. The Hall–Kier alpha value is -1.98. The first-order valence-electron chi connectivity index (χ1n) is 5.09. The molecule has 6 heteroatoms. The van der Waals surface area contributed by atoms with Crippen LogP contribution in [0.25, 0.3) is 0 Å². The summed E-state index contributed by atoms with van der Waals surface area (Å²) in [6, 6.07) is 3.10. The van der Waals surface area contributed by atoms with Crippen LogP contribution < -0.4 is 10.6 Å². The fourth-order valence-corrected chi connectivity index (χ4v) is 1.61. The summed E-state index contributed by atoms with van der Waals surface area (Å²) < 4.78 is 25.5. The van der Waals surface area contributed by atoms with Crippen molar-refractivity contribution in [1.29, 1.82) is 0 Å². The van der Waals surface area contributed by atoms with Gasteiger partial charge in [0.15, 0.2) is 11.6 Å². The van der Waals surface area contributed by atoms with Crippen LogP contribution >= 0.6 is 0 Å². The van der Waals surface area contributed by atoms with Gasteiger partial charge in [-0.3, -0.25) is 9.59 Å². The van der Waals surface area contributed by atoms with Crippen LogP contribution in [-0.2, 0) is 9.59 Å². The summed E-state index contributed by atoms with van der Waals surface area (Å²) in [5.74, 6) is -3.02. The summed E-state index contributed by atoms with van der Waals surface area (Å²) >= 11 is 0. The molecule has 0 radical (unpaired) electrons. The maximum atomic E-state index is 12.9. The highest BCUT2D eigenvalue weighted by Gasteiger charge is 2.27. The molecule has 1 aromatic rings. The molecular weight excluding hydrogens is 230 g/mol. The average Bonchev–Trinajstić information content (AvgIpc) is 2.70. The molecule has 0 aromatic heterocycles. The molecule has 1 atom stereocenters. The maximum absolute atomic E-state index is 12.9. The lowest BCUT2D eigenvalue weighted by Crippen LogP contribution is -2.24. The van der Waals surface area contributed by atoms with E-state index in [0.717, 1.165) is 12.1 Å². The highest BCUT2D eigenvalue weighted by molar-refractivity contribution is 5.97. The van der Waals surface area contributed by atoms with E-state index in [9.17, 15) is 18.4 Å². The van der Waals surface area contributed by atoms with Crippen molar-refractivity contribution in [1.82, 2.24) is 5.32 Å². The summed E-state index contributed by atoms with van der Waals surface area (Å²) in [6.45, 7) is 0.272. The second-order valence-corrected chi connectivity index (χ2v) is 3.82. The first kappa shape index (κ1) is 11.5. The van der Waals surface area contributed by atoms with Crippen molar-refractivity contribution in [2.45, 2.75) is 6.42 Å². The lowest BCUT2D eigenvalue weighted by atomic mass is 10.1. The van der Waals surface area contributed by atoms with E-state index in [1.807, 2.05) is 0 Å². The SMILES string of the molecule is O=C1CC(C(=O)Nc2ccc(F)c(F)c2)CN1. The molecule has 0 aliphatic carbocycles. The summed E-state index contributed by atoms with van der Waals surface area (Å²) in [5.41, 5.74) is 0.174. The molecule has 0 spiro atoms. The van der Waals surface area contributed by atoms with Gasteiger partial charge < -0.3 is 10.6 Å². The fourth-order valence-electron chi connectivity index (χ4n) is 1.61. The quantitative estimate of drug-likeness (QED) is 0.811. The Morgan fingerprint density at radius 2 is 2.12 bits per heavy atom. The van der Waals surface area contributed by atoms with Gasteiger partial charge in [0.1, 0.15) is 0 Å². The molecule has 2 amide bonds. The van der Waals surface area contributed by atoms with Gasteiger partial charge in [0, 0.05) is 24.7 Å². The number of carbonyl (C=O) groups is 2. The van der Waals surface area contributed by atoms with E-state index < -0.39 is 17.6 Å². The Kier molecular flexibility index (Phi) is 3.03. The standard InChI is InChI=1S/C11H10F2N2O2/c12-8-2-1-7(4-9(8)13)15-11(17)6-3-10(16)14-5-6/h1-2,4,6H,3,5H2,(H,14,16)(H,15,17). The summed E-state index contributed by atoms with van der Waals surface area (Å²) in [4.78, 5) is 22.5. The van der Waals surface area contributed by atoms with E-state index in [2.05, 4.69) is 10.6 Å². The van der Waals surface area contributed by atoms with E-state index in [-0.39, 0.29) is 30.5 Å². The Bertz CT molecular complexity index is 477. The summed E-state index contributed by atoms with van der Waals surface area (Å²) in [6.07, 6.45) is 0.121. The van der Waals surface area contributed by atoms with Gasteiger partial charge >= 0.3 is 0 Å². The van der Waals surface area contributed by atoms with E-state index in [1.165, 1.54) is 6.07 Å². The van der Waals surface area contributed by atoms with Gasteiger partial charge in [-0.25, -0.2) is 8.78 Å². The van der Waals surface area contributed by atoms with Gasteiger partial charge in [-0.05, 0) is 12.1 Å². The molecule has 90 valence electrons. The molecule has 1 saturated heterocycles. The second-order valence-electron chi connectivity index (χ2n) is 3.82. The minimum Gasteiger partial charge on any atom is -0.355 e. The number of rotatable bonds is 2. The number of hydrogen-bond acceptors (Lipinski definition) is 2. The molecule has 17 heavy (non-hydrogen) atoms. The van der Waals surface area contributed by atoms with Gasteiger partial charge in [0.05, 0.1) is 5.92 Å². The molecule has 1 fully saturated rings. The largest absolute Gasteiger partial charge is 0.355 e. The molecule has 4 nitrogen and oxygen atoms in total. The predicted octanol–water partition coefficient (Wildman–Crippen LogP) is 1.04. The average molecular weight is 240 g/mol. The van der Waals surface area contributed by atoms with Crippen LogP contribution in [0.2, 0.25) is 0 Å². The number of amides is 2. The molecule has 2 rings (SSSR count). The van der Waals surface area contributed by atoms with Crippen LogP contribution in [0.1, 0.15) is 6.42 Å². The predicted molar refractivity (Wildman–Crippen MR) is 56.1 cm³/mol. The third-order valence-corrected chi connectivity index (χ3v) is 2.54. The topological polar surface area (TPSA) is 58.2 Å². The van der Waals surface area contributed by atoms with Gasteiger partial charge in [-0.2, -0.15) is 0 Å². The molecule has 0 bridgehead atoms. The monoisotopic (exact) mass is 240 g/mol. The number of hydrogen-bond donors (Lipinski definition) is 2. The van der Waals surface area contributed by atoms with Crippen LogP contribution in [0.15, 0.2) is 18.2 Å². The van der Waals surface area contributed by atoms with Crippen molar-refractivity contribution >= 4 is 17.5 Å². The van der Waals surface area contributed by atoms with Gasteiger partial charge in [-0.1, -0.05) is 0 Å². The number of carbonyl (C=O) groups excluding carboxylic acids is 2. The molecule has 1 heterocycles. The Balaban J connectivity index is 2.03. The van der Waals surface area contributed by atoms with Gasteiger partial charge in [-0.15, -0.1) is 0 Å².